The third-order valence-corrected chi connectivity index (χ3v) is 4.71. The van der Waals surface area contributed by atoms with Crippen LogP contribution in [0.25, 0.3) is 15.9 Å². The topological polar surface area (TPSA) is 110 Å². The lowest BCUT2D eigenvalue weighted by molar-refractivity contribution is 0.102. The van der Waals surface area contributed by atoms with Crippen molar-refractivity contribution in [1.29, 1.82) is 5.26 Å². The van der Waals surface area contributed by atoms with Gasteiger partial charge in [-0.25, -0.2) is 9.67 Å². The van der Waals surface area contributed by atoms with E-state index in [1.54, 1.807) is 12.1 Å². The molecule has 126 valence electrons. The van der Waals surface area contributed by atoms with Crippen molar-refractivity contribution in [2.24, 2.45) is 0 Å². The number of carbonyl (C=O) groups is 1. The van der Waals surface area contributed by atoms with E-state index in [0.717, 1.165) is 10.2 Å². The summed E-state index contributed by atoms with van der Waals surface area (Å²) in [6, 6.07) is 18.6. The normalized spacial score (nSPS) is 10.6. The first-order valence-electron chi connectivity index (χ1n) is 7.68. The molecular weight excluding hydrogens is 348 g/mol. The SMILES string of the molecule is N#Cc1c(N)c(C(=O)Nc2nc3ccccc3s2)nn1-c1ccccc1. The van der Waals surface area contributed by atoms with E-state index in [1.807, 2.05) is 48.5 Å². The molecule has 0 spiro atoms. The average Bonchev–Trinajstić information content (AvgIpc) is 3.22. The van der Waals surface area contributed by atoms with Gasteiger partial charge in [-0.2, -0.15) is 10.4 Å². The lowest BCUT2D eigenvalue weighted by Crippen LogP contribution is -2.14. The van der Waals surface area contributed by atoms with Gasteiger partial charge in [-0.3, -0.25) is 10.1 Å². The number of rotatable bonds is 3. The lowest BCUT2D eigenvalue weighted by atomic mass is 10.2. The first-order chi connectivity index (χ1) is 12.7. The quantitative estimate of drug-likeness (QED) is 0.583. The van der Waals surface area contributed by atoms with E-state index in [1.165, 1.54) is 16.0 Å². The van der Waals surface area contributed by atoms with Gasteiger partial charge in [0.1, 0.15) is 11.8 Å². The Kier molecular flexibility index (Phi) is 3.84. The zero-order valence-corrected chi connectivity index (χ0v) is 14.2. The molecule has 4 aromatic rings. The number of para-hydroxylation sites is 2. The Morgan fingerprint density at radius 2 is 1.88 bits per heavy atom. The molecule has 0 aliphatic heterocycles. The number of fused-ring (bicyclic) bond motifs is 1. The maximum absolute atomic E-state index is 12.6. The summed E-state index contributed by atoms with van der Waals surface area (Å²) in [6.07, 6.45) is 0. The molecule has 0 saturated heterocycles. The van der Waals surface area contributed by atoms with Crippen LogP contribution in [0.5, 0.6) is 0 Å². The molecule has 0 radical (unpaired) electrons. The van der Waals surface area contributed by atoms with Gasteiger partial charge < -0.3 is 5.73 Å². The number of hydrogen-bond acceptors (Lipinski definition) is 6. The molecule has 0 aliphatic rings. The van der Waals surface area contributed by atoms with Crippen molar-refractivity contribution in [2.75, 3.05) is 11.1 Å². The maximum atomic E-state index is 12.6. The molecule has 2 aromatic heterocycles. The number of nitrogens with two attached hydrogens (primary N) is 1. The number of anilines is 2. The molecule has 2 heterocycles. The number of amides is 1. The molecule has 0 aliphatic carbocycles. The van der Waals surface area contributed by atoms with E-state index >= 15 is 0 Å². The highest BCUT2D eigenvalue weighted by molar-refractivity contribution is 7.22. The van der Waals surface area contributed by atoms with E-state index in [2.05, 4.69) is 15.4 Å². The number of benzene rings is 2. The van der Waals surface area contributed by atoms with Crippen LogP contribution >= 0.6 is 11.3 Å². The van der Waals surface area contributed by atoms with Gasteiger partial charge in [-0.1, -0.05) is 41.7 Å². The number of thiazole rings is 1. The highest BCUT2D eigenvalue weighted by Crippen LogP contribution is 2.27. The Hall–Kier alpha value is -3.70. The minimum Gasteiger partial charge on any atom is -0.394 e. The molecule has 0 unspecified atom stereocenters. The van der Waals surface area contributed by atoms with E-state index in [4.69, 9.17) is 5.73 Å². The van der Waals surface area contributed by atoms with E-state index in [0.29, 0.717) is 10.8 Å². The number of carbonyl (C=O) groups excluding carboxylic acids is 1. The molecule has 8 heteroatoms. The fourth-order valence-corrected chi connectivity index (χ4v) is 3.40. The molecule has 0 saturated carbocycles. The minimum atomic E-state index is -0.507. The van der Waals surface area contributed by atoms with Crippen molar-refractivity contribution < 1.29 is 4.79 Å². The van der Waals surface area contributed by atoms with Gasteiger partial charge in [0.25, 0.3) is 5.91 Å². The standard InChI is InChI=1S/C18H12N6OS/c19-10-13-15(20)16(23-24(13)11-6-2-1-3-7-11)17(25)22-18-21-12-8-4-5-9-14(12)26-18/h1-9H,20H2,(H,21,22,25). The highest BCUT2D eigenvalue weighted by atomic mass is 32.1. The van der Waals surface area contributed by atoms with Crippen LogP contribution in [-0.4, -0.2) is 20.7 Å². The van der Waals surface area contributed by atoms with Crippen molar-refractivity contribution in [3.8, 4) is 11.8 Å². The van der Waals surface area contributed by atoms with Gasteiger partial charge >= 0.3 is 0 Å². The smallest absolute Gasteiger partial charge is 0.280 e. The van der Waals surface area contributed by atoms with Gasteiger partial charge in [0.15, 0.2) is 16.5 Å². The van der Waals surface area contributed by atoms with Crippen LogP contribution in [0.1, 0.15) is 16.2 Å². The Morgan fingerprint density at radius 1 is 1.15 bits per heavy atom. The van der Waals surface area contributed by atoms with Crippen molar-refractivity contribution in [1.82, 2.24) is 14.8 Å². The van der Waals surface area contributed by atoms with E-state index in [9.17, 15) is 10.1 Å². The number of aromatic nitrogens is 3. The molecule has 26 heavy (non-hydrogen) atoms. The molecular formula is C18H12N6OS. The Balaban J connectivity index is 1.70. The fourth-order valence-electron chi connectivity index (χ4n) is 2.54. The molecule has 0 bridgehead atoms. The summed E-state index contributed by atoms with van der Waals surface area (Å²) in [6.45, 7) is 0. The van der Waals surface area contributed by atoms with Gasteiger partial charge in [0, 0.05) is 0 Å². The van der Waals surface area contributed by atoms with Gasteiger partial charge in [-0.05, 0) is 24.3 Å². The lowest BCUT2D eigenvalue weighted by Gasteiger charge is -2.01. The van der Waals surface area contributed by atoms with Crippen molar-refractivity contribution >= 4 is 38.3 Å². The maximum Gasteiger partial charge on any atom is 0.280 e. The van der Waals surface area contributed by atoms with Crippen LogP contribution in [0.3, 0.4) is 0 Å². The van der Waals surface area contributed by atoms with Crippen molar-refractivity contribution in [2.45, 2.75) is 0 Å². The molecule has 2 aromatic carbocycles. The highest BCUT2D eigenvalue weighted by Gasteiger charge is 2.22. The summed E-state index contributed by atoms with van der Waals surface area (Å²) >= 11 is 1.36. The Bertz CT molecular complexity index is 1120. The molecule has 7 nitrogen and oxygen atoms in total. The number of nitrogen functional groups attached to an aromatic ring is 1. The molecule has 1 amide bonds. The second kappa shape index (κ2) is 6.31. The molecule has 3 N–H and O–H groups in total. The van der Waals surface area contributed by atoms with Gasteiger partial charge in [0.05, 0.1) is 15.9 Å². The Morgan fingerprint density at radius 3 is 2.62 bits per heavy atom. The zero-order valence-electron chi connectivity index (χ0n) is 13.4. The third-order valence-electron chi connectivity index (χ3n) is 3.76. The van der Waals surface area contributed by atoms with Crippen LogP contribution in [0.2, 0.25) is 0 Å². The number of nitrogens with one attached hydrogen (secondary N) is 1. The van der Waals surface area contributed by atoms with Crippen LogP contribution < -0.4 is 11.1 Å². The predicted molar refractivity (Wildman–Crippen MR) is 100 cm³/mol. The largest absolute Gasteiger partial charge is 0.394 e. The second-order valence-corrected chi connectivity index (χ2v) is 6.44. The van der Waals surface area contributed by atoms with E-state index in [-0.39, 0.29) is 17.1 Å². The van der Waals surface area contributed by atoms with Crippen molar-refractivity contribution in [3.63, 3.8) is 0 Å². The van der Waals surface area contributed by atoms with Crippen LogP contribution in [-0.2, 0) is 0 Å². The zero-order chi connectivity index (χ0) is 18.1. The fraction of sp³-hybridized carbons (Fsp3) is 0. The van der Waals surface area contributed by atoms with Crippen LogP contribution in [0.15, 0.2) is 54.6 Å². The summed E-state index contributed by atoms with van der Waals surface area (Å²) < 4.78 is 2.33. The number of nitriles is 1. The summed E-state index contributed by atoms with van der Waals surface area (Å²) in [5, 5.41) is 16.8. The monoisotopic (exact) mass is 360 g/mol. The summed E-state index contributed by atoms with van der Waals surface area (Å²) in [4.78, 5) is 17.0. The average molecular weight is 360 g/mol. The summed E-state index contributed by atoms with van der Waals surface area (Å²) in [5.74, 6) is -0.507. The van der Waals surface area contributed by atoms with E-state index < -0.39 is 5.91 Å². The minimum absolute atomic E-state index is 0.00957. The van der Waals surface area contributed by atoms with Crippen LogP contribution in [0.4, 0.5) is 10.8 Å². The second-order valence-electron chi connectivity index (χ2n) is 5.41. The summed E-state index contributed by atoms with van der Waals surface area (Å²) in [7, 11) is 0. The van der Waals surface area contributed by atoms with Crippen molar-refractivity contribution in [3.05, 3.63) is 66.0 Å². The molecule has 0 fully saturated rings. The number of nitrogens with zero attached hydrogens (tertiary/aromatic N) is 4. The van der Waals surface area contributed by atoms with Gasteiger partial charge in [0.2, 0.25) is 0 Å². The Labute approximate surface area is 152 Å². The van der Waals surface area contributed by atoms with Gasteiger partial charge in [-0.15, -0.1) is 0 Å². The summed E-state index contributed by atoms with van der Waals surface area (Å²) in [5.41, 5.74) is 7.59. The first-order valence-corrected chi connectivity index (χ1v) is 8.50. The van der Waals surface area contributed by atoms with Crippen LogP contribution in [0, 0.1) is 11.3 Å². The third kappa shape index (κ3) is 2.66. The first kappa shape index (κ1) is 15.8. The molecule has 0 atom stereocenters. The molecule has 4 rings (SSSR count). The predicted octanol–water partition coefficient (Wildman–Crippen LogP) is 3.19. The number of hydrogen-bond donors (Lipinski definition) is 2.